The number of Topliss-reactive ketones (excluding diaryl/α,β-unsaturated/α-hetero) is 1. The fourth-order valence-corrected chi connectivity index (χ4v) is 2.17. The number of halogens is 1. The molecule has 2 aromatic rings. The van der Waals surface area contributed by atoms with Crippen molar-refractivity contribution in [1.82, 2.24) is 4.57 Å². The van der Waals surface area contributed by atoms with Crippen LogP contribution < -0.4 is 5.73 Å². The van der Waals surface area contributed by atoms with Gasteiger partial charge in [0.15, 0.2) is 5.78 Å². The Balaban J connectivity index is 0.00000108. The third-order valence-corrected chi connectivity index (χ3v) is 3.23. The Kier molecular flexibility index (Phi) is 2.87. The second-order valence-electron chi connectivity index (χ2n) is 4.57. The maximum absolute atomic E-state index is 12.1. The van der Waals surface area contributed by atoms with Gasteiger partial charge in [-0.3, -0.25) is 4.79 Å². The molecule has 1 heterocycles. The minimum Gasteiger partial charge on any atom is -0.399 e. The molecule has 2 N–H and O–H groups in total. The molecule has 1 fully saturated rings. The maximum atomic E-state index is 12.1. The number of anilines is 1. The van der Waals surface area contributed by atoms with E-state index in [1.165, 1.54) is 0 Å². The van der Waals surface area contributed by atoms with Crippen molar-refractivity contribution < 1.29 is 4.79 Å². The first-order valence-corrected chi connectivity index (χ1v) is 5.55. The molecule has 3 rings (SSSR count). The van der Waals surface area contributed by atoms with Gasteiger partial charge in [0.25, 0.3) is 0 Å². The number of benzene rings is 1. The lowest BCUT2D eigenvalue weighted by Crippen LogP contribution is -2.00. The number of carbonyl (C=O) groups excluding carboxylic acids is 1. The van der Waals surface area contributed by atoms with E-state index in [0.29, 0.717) is 5.69 Å². The van der Waals surface area contributed by atoms with Crippen LogP contribution in [0.4, 0.5) is 5.69 Å². The van der Waals surface area contributed by atoms with E-state index in [1.54, 1.807) is 0 Å². The number of hydrogen-bond donors (Lipinski definition) is 1. The SMILES string of the molecule is Cl.Cn1cc(C(=O)C2CC2)c2cc(N)ccc21. The molecule has 90 valence electrons. The van der Waals surface area contributed by atoms with Gasteiger partial charge in [-0.15, -0.1) is 12.4 Å². The maximum Gasteiger partial charge on any atom is 0.168 e. The van der Waals surface area contributed by atoms with E-state index in [0.717, 1.165) is 29.3 Å². The lowest BCUT2D eigenvalue weighted by molar-refractivity contribution is 0.0969. The summed E-state index contributed by atoms with van der Waals surface area (Å²) in [5.41, 5.74) is 8.38. The van der Waals surface area contributed by atoms with Crippen molar-refractivity contribution in [2.24, 2.45) is 13.0 Å². The summed E-state index contributed by atoms with van der Waals surface area (Å²) in [7, 11) is 1.96. The number of hydrogen-bond acceptors (Lipinski definition) is 2. The van der Waals surface area contributed by atoms with Crippen molar-refractivity contribution in [3.05, 3.63) is 30.0 Å². The molecule has 17 heavy (non-hydrogen) atoms. The molecule has 4 heteroatoms. The summed E-state index contributed by atoms with van der Waals surface area (Å²) in [4.78, 5) is 12.1. The first kappa shape index (κ1) is 12.0. The van der Waals surface area contributed by atoms with Crippen LogP contribution in [0.3, 0.4) is 0 Å². The van der Waals surface area contributed by atoms with Crippen LogP contribution in [-0.4, -0.2) is 10.4 Å². The first-order chi connectivity index (χ1) is 7.66. The second kappa shape index (κ2) is 4.08. The lowest BCUT2D eigenvalue weighted by atomic mass is 10.1. The lowest BCUT2D eigenvalue weighted by Gasteiger charge is -1.98. The molecule has 0 amide bonds. The number of ketones is 1. The average molecular weight is 251 g/mol. The van der Waals surface area contributed by atoms with Crippen LogP contribution in [0.5, 0.6) is 0 Å². The Morgan fingerprint density at radius 1 is 1.41 bits per heavy atom. The average Bonchev–Trinajstić information content (AvgIpc) is 3.04. The number of nitrogens with zero attached hydrogens (tertiary/aromatic N) is 1. The highest BCUT2D eigenvalue weighted by Crippen LogP contribution is 2.35. The molecule has 1 aliphatic carbocycles. The van der Waals surface area contributed by atoms with Crippen LogP contribution in [0.1, 0.15) is 23.2 Å². The third-order valence-electron chi connectivity index (χ3n) is 3.23. The number of fused-ring (bicyclic) bond motifs is 1. The highest BCUT2D eigenvalue weighted by Gasteiger charge is 2.32. The van der Waals surface area contributed by atoms with Crippen molar-refractivity contribution in [2.45, 2.75) is 12.8 Å². The van der Waals surface area contributed by atoms with Crippen molar-refractivity contribution in [3.8, 4) is 0 Å². The number of aryl methyl sites for hydroxylation is 1. The van der Waals surface area contributed by atoms with Gasteiger partial charge in [-0.1, -0.05) is 0 Å². The fraction of sp³-hybridized carbons (Fsp3) is 0.308. The Hall–Kier alpha value is -1.48. The number of carbonyl (C=O) groups is 1. The van der Waals surface area contributed by atoms with Gasteiger partial charge in [-0.25, -0.2) is 0 Å². The van der Waals surface area contributed by atoms with E-state index < -0.39 is 0 Å². The van der Waals surface area contributed by atoms with Crippen molar-refractivity contribution >= 4 is 34.8 Å². The van der Waals surface area contributed by atoms with Crippen molar-refractivity contribution in [2.75, 3.05) is 5.73 Å². The van der Waals surface area contributed by atoms with E-state index in [-0.39, 0.29) is 24.1 Å². The Morgan fingerprint density at radius 2 is 2.12 bits per heavy atom. The normalized spacial score (nSPS) is 14.6. The standard InChI is InChI=1S/C13H14N2O.ClH/c1-15-7-11(13(16)8-2-3-8)10-6-9(14)4-5-12(10)15;/h4-8H,2-3,14H2,1H3;1H. The highest BCUT2D eigenvalue weighted by molar-refractivity contribution is 6.10. The molecule has 1 saturated carbocycles. The van der Waals surface area contributed by atoms with Gasteiger partial charge < -0.3 is 10.3 Å². The molecular formula is C13H15ClN2O. The predicted molar refractivity (Wildman–Crippen MR) is 71.6 cm³/mol. The quantitative estimate of drug-likeness (QED) is 0.658. The van der Waals surface area contributed by atoms with Crippen LogP contribution in [0.15, 0.2) is 24.4 Å². The summed E-state index contributed by atoms with van der Waals surface area (Å²) in [5.74, 6) is 0.531. The van der Waals surface area contributed by atoms with Gasteiger partial charge in [0, 0.05) is 41.3 Å². The Labute approximate surface area is 106 Å². The molecule has 3 nitrogen and oxygen atoms in total. The Bertz CT molecular complexity index is 584. The first-order valence-electron chi connectivity index (χ1n) is 5.55. The molecule has 1 aliphatic rings. The van der Waals surface area contributed by atoms with E-state index in [9.17, 15) is 4.79 Å². The minimum absolute atomic E-state index is 0. The van der Waals surface area contributed by atoms with Gasteiger partial charge in [-0.2, -0.15) is 0 Å². The topological polar surface area (TPSA) is 48.0 Å². The minimum atomic E-state index is 0. The number of rotatable bonds is 2. The molecule has 0 unspecified atom stereocenters. The van der Waals surface area contributed by atoms with E-state index in [1.807, 2.05) is 36.0 Å². The van der Waals surface area contributed by atoms with Crippen LogP contribution in [0.2, 0.25) is 0 Å². The zero-order valence-corrected chi connectivity index (χ0v) is 10.5. The molecule has 0 radical (unpaired) electrons. The van der Waals surface area contributed by atoms with Gasteiger partial charge in [0.1, 0.15) is 0 Å². The second-order valence-corrected chi connectivity index (χ2v) is 4.57. The summed E-state index contributed by atoms with van der Waals surface area (Å²) in [6.07, 6.45) is 4.00. The molecule has 0 spiro atoms. The van der Waals surface area contributed by atoms with Crippen LogP contribution in [0.25, 0.3) is 10.9 Å². The molecule has 1 aromatic heterocycles. The summed E-state index contributed by atoms with van der Waals surface area (Å²) >= 11 is 0. The molecule has 0 aliphatic heterocycles. The summed E-state index contributed by atoms with van der Waals surface area (Å²) in [5, 5.41) is 0.986. The molecule has 0 atom stereocenters. The van der Waals surface area contributed by atoms with Gasteiger partial charge in [-0.05, 0) is 31.0 Å². The number of nitrogen functional groups attached to an aromatic ring is 1. The van der Waals surface area contributed by atoms with Crippen LogP contribution >= 0.6 is 12.4 Å². The zero-order chi connectivity index (χ0) is 11.3. The van der Waals surface area contributed by atoms with Gasteiger partial charge in [0.2, 0.25) is 0 Å². The largest absolute Gasteiger partial charge is 0.399 e. The smallest absolute Gasteiger partial charge is 0.168 e. The van der Waals surface area contributed by atoms with E-state index in [4.69, 9.17) is 5.73 Å². The van der Waals surface area contributed by atoms with E-state index >= 15 is 0 Å². The summed E-state index contributed by atoms with van der Waals surface area (Å²) in [6, 6.07) is 5.73. The van der Waals surface area contributed by atoms with Gasteiger partial charge in [0.05, 0.1) is 0 Å². The van der Waals surface area contributed by atoms with Crippen LogP contribution in [0, 0.1) is 5.92 Å². The third kappa shape index (κ3) is 1.91. The van der Waals surface area contributed by atoms with Crippen molar-refractivity contribution in [3.63, 3.8) is 0 Å². The molecule has 0 saturated heterocycles. The van der Waals surface area contributed by atoms with Crippen LogP contribution in [-0.2, 0) is 7.05 Å². The molecule has 1 aromatic carbocycles. The number of aromatic nitrogens is 1. The number of nitrogens with two attached hydrogens (primary N) is 1. The monoisotopic (exact) mass is 250 g/mol. The highest BCUT2D eigenvalue weighted by atomic mass is 35.5. The molecular weight excluding hydrogens is 236 g/mol. The Morgan fingerprint density at radius 3 is 2.76 bits per heavy atom. The summed E-state index contributed by atoms with van der Waals surface area (Å²) in [6.45, 7) is 0. The van der Waals surface area contributed by atoms with Crippen molar-refractivity contribution in [1.29, 1.82) is 0 Å². The van der Waals surface area contributed by atoms with E-state index in [2.05, 4.69) is 0 Å². The molecule has 0 bridgehead atoms. The fourth-order valence-electron chi connectivity index (χ4n) is 2.17. The van der Waals surface area contributed by atoms with Gasteiger partial charge >= 0.3 is 0 Å². The zero-order valence-electron chi connectivity index (χ0n) is 9.64. The predicted octanol–water partition coefficient (Wildman–Crippen LogP) is 2.78. The summed E-state index contributed by atoms with van der Waals surface area (Å²) < 4.78 is 1.99.